The zero-order valence-corrected chi connectivity index (χ0v) is 21.5. The first-order chi connectivity index (χ1) is 18.2. The van der Waals surface area contributed by atoms with Crippen LogP contribution in [-0.2, 0) is 25.5 Å². The molecule has 3 rings (SSSR count). The molecule has 1 amide bonds. The monoisotopic (exact) mass is 524 g/mol. The number of rotatable bonds is 6. The van der Waals surface area contributed by atoms with E-state index in [0.717, 1.165) is 0 Å². The Kier molecular flexibility index (Phi) is 10.1. The average Bonchev–Trinajstić information content (AvgIpc) is 2.90. The number of carbonyl (C=O) groups excluding carboxylic acids is 5. The summed E-state index contributed by atoms with van der Waals surface area (Å²) in [5.41, 5.74) is 0.879. The molecule has 0 saturated carbocycles. The summed E-state index contributed by atoms with van der Waals surface area (Å²) < 4.78 is 11.3. The zero-order chi connectivity index (χ0) is 27.7. The van der Waals surface area contributed by atoms with E-state index in [-0.39, 0.29) is 61.8 Å². The van der Waals surface area contributed by atoms with Crippen molar-refractivity contribution in [3.8, 4) is 11.5 Å². The number of carbonyl (C=O) groups is 5. The number of amides is 1. The Morgan fingerprint density at radius 1 is 1.08 bits per heavy atom. The summed E-state index contributed by atoms with van der Waals surface area (Å²) in [6.45, 7) is 4.03. The van der Waals surface area contributed by atoms with Crippen molar-refractivity contribution in [3.63, 3.8) is 0 Å². The van der Waals surface area contributed by atoms with Crippen LogP contribution >= 0.6 is 0 Å². The van der Waals surface area contributed by atoms with Gasteiger partial charge in [0.15, 0.2) is 0 Å². The quantitative estimate of drug-likeness (QED) is 0.330. The zero-order valence-electron chi connectivity index (χ0n) is 21.5. The van der Waals surface area contributed by atoms with Gasteiger partial charge in [-0.15, -0.1) is 0 Å². The molecule has 0 unspecified atom stereocenters. The first-order valence-corrected chi connectivity index (χ1v) is 12.7. The summed E-state index contributed by atoms with van der Waals surface area (Å²) in [5, 5.41) is 13.5. The minimum atomic E-state index is -1.00. The van der Waals surface area contributed by atoms with Gasteiger partial charge < -0.3 is 19.9 Å². The van der Waals surface area contributed by atoms with E-state index in [0.29, 0.717) is 29.8 Å². The van der Waals surface area contributed by atoms with Gasteiger partial charge in [0, 0.05) is 43.4 Å². The third kappa shape index (κ3) is 7.71. The predicted molar refractivity (Wildman–Crippen MR) is 136 cm³/mol. The number of ketones is 3. The van der Waals surface area contributed by atoms with E-state index in [1.165, 1.54) is 18.5 Å². The first kappa shape index (κ1) is 28.5. The second kappa shape index (κ2) is 13.5. The highest BCUT2D eigenvalue weighted by atomic mass is 16.5. The van der Waals surface area contributed by atoms with Crippen LogP contribution in [-0.4, -0.2) is 58.6 Å². The molecule has 2 N–H and O–H groups in total. The lowest BCUT2D eigenvalue weighted by molar-refractivity contribution is -0.144. The van der Waals surface area contributed by atoms with Crippen molar-refractivity contribution in [2.24, 2.45) is 5.92 Å². The second-order valence-electron chi connectivity index (χ2n) is 9.33. The van der Waals surface area contributed by atoms with Gasteiger partial charge in [0.05, 0.1) is 6.61 Å². The maximum absolute atomic E-state index is 13.0. The fourth-order valence-electron chi connectivity index (χ4n) is 4.00. The number of benzene rings is 1. The van der Waals surface area contributed by atoms with Crippen LogP contribution in [0.15, 0.2) is 36.7 Å². The van der Waals surface area contributed by atoms with Gasteiger partial charge in [-0.1, -0.05) is 6.92 Å². The number of Topliss-reactive ketones (excluding diaryl/α,β-unsaturated/α-hetero) is 3. The van der Waals surface area contributed by atoms with Gasteiger partial charge in [0.2, 0.25) is 11.6 Å². The number of aromatic nitrogens is 1. The van der Waals surface area contributed by atoms with Crippen LogP contribution in [0.5, 0.6) is 11.5 Å². The number of ether oxygens (including phenoxy) is 2. The van der Waals surface area contributed by atoms with Crippen molar-refractivity contribution in [3.05, 3.63) is 53.3 Å². The third-order valence-corrected chi connectivity index (χ3v) is 6.47. The SMILES string of the molecule is C[C@@H]1CCC(=O)C(=O)C(=O)CCCc2cc(OCCCNC(=O)c3ccncc3)cc(O)c2C(=O)O[C@H]1C. The molecular weight excluding hydrogens is 492 g/mol. The van der Waals surface area contributed by atoms with Crippen molar-refractivity contribution in [2.75, 3.05) is 13.2 Å². The number of nitrogens with one attached hydrogen (secondary N) is 1. The fraction of sp³-hybridized carbons (Fsp3) is 0.429. The summed E-state index contributed by atoms with van der Waals surface area (Å²) >= 11 is 0. The molecule has 0 saturated heterocycles. The normalized spacial score (nSPS) is 19.2. The molecule has 0 aliphatic carbocycles. The van der Waals surface area contributed by atoms with Crippen molar-refractivity contribution in [2.45, 2.75) is 58.5 Å². The van der Waals surface area contributed by atoms with Crippen LogP contribution in [0.2, 0.25) is 0 Å². The number of fused-ring (bicyclic) bond motifs is 1. The van der Waals surface area contributed by atoms with Crippen LogP contribution in [0.25, 0.3) is 0 Å². The molecule has 38 heavy (non-hydrogen) atoms. The maximum Gasteiger partial charge on any atom is 0.342 e. The standard InChI is InChI=1S/C28H32N2O8/c1-17-7-8-23(32)26(34)22(31)6-3-5-20-15-21(16-24(33)25(20)28(36)38-18(17)2)37-14-4-11-30-27(35)19-9-12-29-13-10-19/h9-10,12-13,15-18,33H,3-8,11,14H2,1-2H3,(H,30,35)/t17-,18+/m1/s1. The van der Waals surface area contributed by atoms with Gasteiger partial charge in [-0.25, -0.2) is 4.79 Å². The molecule has 202 valence electrons. The molecule has 1 aliphatic heterocycles. The van der Waals surface area contributed by atoms with Crippen molar-refractivity contribution in [1.29, 1.82) is 0 Å². The van der Waals surface area contributed by atoms with Crippen LogP contribution in [0.3, 0.4) is 0 Å². The van der Waals surface area contributed by atoms with Gasteiger partial charge in [-0.05, 0) is 62.3 Å². The largest absolute Gasteiger partial charge is 0.507 e. The Bertz CT molecular complexity index is 1190. The molecule has 2 atom stereocenters. The summed E-state index contributed by atoms with van der Waals surface area (Å²) in [6, 6.07) is 6.12. The highest BCUT2D eigenvalue weighted by Gasteiger charge is 2.28. The van der Waals surface area contributed by atoms with E-state index >= 15 is 0 Å². The molecule has 10 heteroatoms. The molecule has 0 spiro atoms. The summed E-state index contributed by atoms with van der Waals surface area (Å²) in [7, 11) is 0. The van der Waals surface area contributed by atoms with Gasteiger partial charge in [-0.3, -0.25) is 24.2 Å². The van der Waals surface area contributed by atoms with E-state index in [2.05, 4.69) is 10.3 Å². The van der Waals surface area contributed by atoms with Crippen LogP contribution in [0.4, 0.5) is 0 Å². The fourth-order valence-corrected chi connectivity index (χ4v) is 4.00. The van der Waals surface area contributed by atoms with Crippen molar-refractivity contribution in [1.82, 2.24) is 10.3 Å². The molecule has 0 radical (unpaired) electrons. The van der Waals surface area contributed by atoms with E-state index in [1.54, 1.807) is 32.0 Å². The molecule has 10 nitrogen and oxygen atoms in total. The second-order valence-corrected chi connectivity index (χ2v) is 9.33. The number of esters is 1. The molecule has 1 aromatic carbocycles. The lowest BCUT2D eigenvalue weighted by Crippen LogP contribution is -2.27. The number of cyclic esters (lactones) is 1. The van der Waals surface area contributed by atoms with Gasteiger partial charge in [-0.2, -0.15) is 0 Å². The Labute approximate surface area is 220 Å². The topological polar surface area (TPSA) is 149 Å². The van der Waals surface area contributed by atoms with Crippen LogP contribution in [0, 0.1) is 5.92 Å². The number of pyridine rings is 1. The van der Waals surface area contributed by atoms with Gasteiger partial charge in [0.25, 0.3) is 11.7 Å². The number of phenolic OH excluding ortho intramolecular Hbond substituents is 1. The molecule has 1 aliphatic rings. The van der Waals surface area contributed by atoms with Crippen molar-refractivity contribution < 1.29 is 38.6 Å². The average molecular weight is 525 g/mol. The van der Waals surface area contributed by atoms with Crippen LogP contribution in [0.1, 0.15) is 72.2 Å². The maximum atomic E-state index is 13.0. The summed E-state index contributed by atoms with van der Waals surface area (Å²) in [6.07, 6.45) is 3.35. The Balaban J connectivity index is 1.69. The smallest absolute Gasteiger partial charge is 0.342 e. The summed E-state index contributed by atoms with van der Waals surface area (Å²) in [5.74, 6) is -3.71. The number of hydrogen-bond acceptors (Lipinski definition) is 9. The number of hydrogen-bond donors (Lipinski definition) is 2. The lowest BCUT2D eigenvalue weighted by atomic mass is 9.94. The van der Waals surface area contributed by atoms with Crippen LogP contribution < -0.4 is 10.1 Å². The molecule has 0 bridgehead atoms. The molecule has 0 fully saturated rings. The van der Waals surface area contributed by atoms with E-state index in [4.69, 9.17) is 9.47 Å². The van der Waals surface area contributed by atoms with E-state index in [1.807, 2.05) is 0 Å². The molecule has 2 heterocycles. The highest BCUT2D eigenvalue weighted by molar-refractivity contribution is 6.63. The lowest BCUT2D eigenvalue weighted by Gasteiger charge is -2.22. The predicted octanol–water partition coefficient (Wildman–Crippen LogP) is 2.99. The highest BCUT2D eigenvalue weighted by Crippen LogP contribution is 2.31. The minimum Gasteiger partial charge on any atom is -0.507 e. The van der Waals surface area contributed by atoms with Gasteiger partial charge >= 0.3 is 5.97 Å². The minimum absolute atomic E-state index is 0.0204. The number of aromatic hydroxyl groups is 1. The summed E-state index contributed by atoms with van der Waals surface area (Å²) in [4.78, 5) is 65.4. The number of phenols is 1. The van der Waals surface area contributed by atoms with Crippen molar-refractivity contribution >= 4 is 29.2 Å². The van der Waals surface area contributed by atoms with E-state index in [9.17, 15) is 29.1 Å². The Morgan fingerprint density at radius 2 is 1.79 bits per heavy atom. The molecule has 1 aromatic heterocycles. The van der Waals surface area contributed by atoms with E-state index < -0.39 is 29.4 Å². The Morgan fingerprint density at radius 3 is 2.53 bits per heavy atom. The third-order valence-electron chi connectivity index (χ3n) is 6.47. The van der Waals surface area contributed by atoms with Gasteiger partial charge in [0.1, 0.15) is 23.2 Å². The Hall–Kier alpha value is -4.08. The first-order valence-electron chi connectivity index (χ1n) is 12.7. The molecule has 2 aromatic rings. The molecular formula is C28H32N2O8. The number of nitrogens with zero attached hydrogens (tertiary/aromatic N) is 1. The number of aryl methyl sites for hydroxylation is 1.